The van der Waals surface area contributed by atoms with Gasteiger partial charge in [0.15, 0.2) is 0 Å². The van der Waals surface area contributed by atoms with Crippen molar-refractivity contribution in [2.24, 2.45) is 0 Å². The second-order valence-electron chi connectivity index (χ2n) is 14.5. The summed E-state index contributed by atoms with van der Waals surface area (Å²) < 4.78 is 11.2. The first-order chi connectivity index (χ1) is 27.3. The Labute approximate surface area is 316 Å². The third kappa shape index (κ3) is 4.50. The zero-order valence-corrected chi connectivity index (χ0v) is 29.8. The summed E-state index contributed by atoms with van der Waals surface area (Å²) in [6.45, 7) is 0. The van der Waals surface area contributed by atoms with Crippen molar-refractivity contribution in [3.05, 3.63) is 194 Å². The van der Waals surface area contributed by atoms with Crippen LogP contribution >= 0.6 is 0 Å². The van der Waals surface area contributed by atoms with Crippen LogP contribution in [0.3, 0.4) is 0 Å². The standard InChI is InChI=1S/C52H32N2O/c1-2-12-33(13-3-1)39-16-6-9-19-46(39)54-49-27-23-37(30-44(49)45-28-34-14-4-5-15-35(34)31-50(45)54)36-22-26-48-43(29-36)40-17-7-10-20-47(40)53(48)38-24-25-42-41-18-8-11-21-51(41)55-52(42)32-38/h1-32H. The second-order valence-corrected chi connectivity index (χ2v) is 14.5. The fraction of sp³-hybridized carbons (Fsp3) is 0. The van der Waals surface area contributed by atoms with Crippen molar-refractivity contribution < 1.29 is 4.42 Å². The van der Waals surface area contributed by atoms with E-state index in [1.807, 2.05) is 12.1 Å². The zero-order valence-electron chi connectivity index (χ0n) is 29.8. The van der Waals surface area contributed by atoms with Gasteiger partial charge in [0.05, 0.1) is 27.8 Å². The monoisotopic (exact) mass is 700 g/mol. The maximum atomic E-state index is 6.33. The molecule has 0 radical (unpaired) electrons. The molecular weight excluding hydrogens is 669 g/mol. The van der Waals surface area contributed by atoms with Crippen molar-refractivity contribution in [3.63, 3.8) is 0 Å². The first-order valence-electron chi connectivity index (χ1n) is 18.8. The molecule has 0 aliphatic heterocycles. The Morgan fingerprint density at radius 3 is 1.75 bits per heavy atom. The van der Waals surface area contributed by atoms with E-state index >= 15 is 0 Å². The minimum absolute atomic E-state index is 0.896. The molecule has 12 rings (SSSR count). The molecule has 0 aliphatic carbocycles. The summed E-state index contributed by atoms with van der Waals surface area (Å²) in [5.74, 6) is 0. The molecule has 3 heterocycles. The van der Waals surface area contributed by atoms with Crippen LogP contribution < -0.4 is 0 Å². The average Bonchev–Trinajstić information content (AvgIpc) is 3.89. The SMILES string of the molecule is c1ccc(-c2ccccc2-n2c3ccc(-c4ccc5c(c4)c4ccccc4n5-c4ccc5c(c4)oc4ccccc45)cc3c3cc4ccccc4cc32)cc1. The summed E-state index contributed by atoms with van der Waals surface area (Å²) in [4.78, 5) is 0. The predicted molar refractivity (Wildman–Crippen MR) is 231 cm³/mol. The molecule has 0 N–H and O–H groups in total. The Bertz CT molecular complexity index is 3490. The van der Waals surface area contributed by atoms with Crippen molar-refractivity contribution in [2.75, 3.05) is 0 Å². The van der Waals surface area contributed by atoms with Crippen LogP contribution in [0.2, 0.25) is 0 Å². The van der Waals surface area contributed by atoms with E-state index in [4.69, 9.17) is 4.42 Å². The highest BCUT2D eigenvalue weighted by molar-refractivity contribution is 6.16. The highest BCUT2D eigenvalue weighted by Gasteiger charge is 2.19. The van der Waals surface area contributed by atoms with Gasteiger partial charge >= 0.3 is 0 Å². The number of rotatable bonds is 4. The van der Waals surface area contributed by atoms with Crippen LogP contribution in [0.25, 0.3) is 110 Å². The molecule has 0 spiro atoms. The van der Waals surface area contributed by atoms with E-state index in [1.165, 1.54) is 82.3 Å². The molecule has 9 aromatic carbocycles. The maximum Gasteiger partial charge on any atom is 0.137 e. The Balaban J connectivity index is 1.06. The smallest absolute Gasteiger partial charge is 0.137 e. The number of aromatic nitrogens is 2. The molecule has 0 unspecified atom stereocenters. The lowest BCUT2D eigenvalue weighted by atomic mass is 10.00. The van der Waals surface area contributed by atoms with Crippen molar-refractivity contribution in [3.8, 4) is 33.6 Å². The highest BCUT2D eigenvalue weighted by atomic mass is 16.3. The summed E-state index contributed by atoms with van der Waals surface area (Å²) >= 11 is 0. The van der Waals surface area contributed by atoms with Crippen molar-refractivity contribution in [1.29, 1.82) is 0 Å². The zero-order chi connectivity index (χ0) is 36.0. The summed E-state index contributed by atoms with van der Waals surface area (Å²) in [6, 6.07) is 70.4. The van der Waals surface area contributed by atoms with Crippen molar-refractivity contribution >= 4 is 76.3 Å². The number of fused-ring (bicyclic) bond motifs is 10. The summed E-state index contributed by atoms with van der Waals surface area (Å²) in [6.07, 6.45) is 0. The lowest BCUT2D eigenvalue weighted by Gasteiger charge is -2.14. The molecule has 0 saturated heterocycles. The average molecular weight is 701 g/mol. The van der Waals surface area contributed by atoms with E-state index in [-0.39, 0.29) is 0 Å². The lowest BCUT2D eigenvalue weighted by molar-refractivity contribution is 0.668. The van der Waals surface area contributed by atoms with Crippen LogP contribution in [0.15, 0.2) is 199 Å². The van der Waals surface area contributed by atoms with Gasteiger partial charge in [-0.15, -0.1) is 0 Å². The highest BCUT2D eigenvalue weighted by Crippen LogP contribution is 2.41. The number of hydrogen-bond donors (Lipinski definition) is 0. The molecule has 3 aromatic heterocycles. The molecule has 0 aliphatic rings. The van der Waals surface area contributed by atoms with Gasteiger partial charge in [0.25, 0.3) is 0 Å². The molecule has 0 bridgehead atoms. The topological polar surface area (TPSA) is 23.0 Å². The Morgan fingerprint density at radius 2 is 0.909 bits per heavy atom. The first kappa shape index (κ1) is 30.1. The van der Waals surface area contributed by atoms with Crippen LogP contribution in [-0.4, -0.2) is 9.13 Å². The number of hydrogen-bond acceptors (Lipinski definition) is 1. The van der Waals surface area contributed by atoms with E-state index in [2.05, 4.69) is 191 Å². The van der Waals surface area contributed by atoms with Gasteiger partial charge in [-0.05, 0) is 94.2 Å². The second kappa shape index (κ2) is 11.6. The van der Waals surface area contributed by atoms with Crippen LogP contribution in [0.5, 0.6) is 0 Å². The van der Waals surface area contributed by atoms with Gasteiger partial charge in [-0.2, -0.15) is 0 Å². The minimum atomic E-state index is 0.896. The Kier molecular flexibility index (Phi) is 6.34. The van der Waals surface area contributed by atoms with Gasteiger partial charge in [0, 0.05) is 49.6 Å². The number of furan rings is 1. The molecule has 256 valence electrons. The van der Waals surface area contributed by atoms with Crippen LogP contribution in [0, 0.1) is 0 Å². The summed E-state index contributed by atoms with van der Waals surface area (Å²) in [7, 11) is 0. The fourth-order valence-electron chi connectivity index (χ4n) is 8.96. The molecule has 55 heavy (non-hydrogen) atoms. The molecule has 0 saturated carbocycles. The largest absolute Gasteiger partial charge is 0.456 e. The van der Waals surface area contributed by atoms with Crippen LogP contribution in [0.4, 0.5) is 0 Å². The van der Waals surface area contributed by atoms with E-state index in [9.17, 15) is 0 Å². The summed E-state index contributed by atoms with van der Waals surface area (Å²) in [5, 5.41) is 9.69. The summed E-state index contributed by atoms with van der Waals surface area (Å²) in [5.41, 5.74) is 13.6. The number of benzene rings is 9. The van der Waals surface area contributed by atoms with Gasteiger partial charge in [-0.3, -0.25) is 0 Å². The van der Waals surface area contributed by atoms with Crippen LogP contribution in [0.1, 0.15) is 0 Å². The minimum Gasteiger partial charge on any atom is -0.456 e. The molecule has 0 amide bonds. The predicted octanol–water partition coefficient (Wildman–Crippen LogP) is 14.3. The normalized spacial score (nSPS) is 12.0. The van der Waals surface area contributed by atoms with E-state index in [0.717, 1.165) is 27.6 Å². The molecule has 0 fully saturated rings. The third-order valence-corrected chi connectivity index (χ3v) is 11.5. The Morgan fingerprint density at radius 1 is 0.309 bits per heavy atom. The van der Waals surface area contributed by atoms with E-state index in [1.54, 1.807) is 0 Å². The van der Waals surface area contributed by atoms with Crippen molar-refractivity contribution in [1.82, 2.24) is 9.13 Å². The fourth-order valence-corrected chi connectivity index (χ4v) is 8.96. The van der Waals surface area contributed by atoms with E-state index < -0.39 is 0 Å². The van der Waals surface area contributed by atoms with Gasteiger partial charge in [-0.25, -0.2) is 0 Å². The van der Waals surface area contributed by atoms with Crippen LogP contribution in [-0.2, 0) is 0 Å². The van der Waals surface area contributed by atoms with E-state index in [0.29, 0.717) is 0 Å². The molecule has 3 nitrogen and oxygen atoms in total. The number of nitrogens with zero attached hydrogens (tertiary/aromatic N) is 2. The van der Waals surface area contributed by atoms with Crippen molar-refractivity contribution in [2.45, 2.75) is 0 Å². The molecule has 0 atom stereocenters. The van der Waals surface area contributed by atoms with Gasteiger partial charge in [0.2, 0.25) is 0 Å². The Hall–Kier alpha value is -7.36. The molecular formula is C52H32N2O. The molecule has 3 heteroatoms. The van der Waals surface area contributed by atoms with Gasteiger partial charge < -0.3 is 13.6 Å². The van der Waals surface area contributed by atoms with Gasteiger partial charge in [-0.1, -0.05) is 121 Å². The first-order valence-corrected chi connectivity index (χ1v) is 18.8. The molecule has 12 aromatic rings. The maximum absolute atomic E-state index is 6.33. The van der Waals surface area contributed by atoms with Gasteiger partial charge in [0.1, 0.15) is 11.2 Å². The quantitative estimate of drug-likeness (QED) is 0.179. The lowest BCUT2D eigenvalue weighted by Crippen LogP contribution is -1.97. The number of para-hydroxylation sites is 3. The third-order valence-electron chi connectivity index (χ3n) is 11.5.